The maximum Gasteiger partial charge on any atom is 0.0764 e. The molecule has 0 aliphatic heterocycles. The Morgan fingerprint density at radius 2 is 2.08 bits per heavy atom. The quantitative estimate of drug-likeness (QED) is 0.693. The Hall–Kier alpha value is -1.08. The van der Waals surface area contributed by atoms with Crippen molar-refractivity contribution >= 4 is 5.57 Å². The summed E-state index contributed by atoms with van der Waals surface area (Å²) >= 11 is 0. The van der Waals surface area contributed by atoms with Crippen LogP contribution in [0.5, 0.6) is 0 Å². The smallest absolute Gasteiger partial charge is 0.0764 e. The van der Waals surface area contributed by atoms with Crippen molar-refractivity contribution in [3.8, 4) is 0 Å². The van der Waals surface area contributed by atoms with Gasteiger partial charge in [0.15, 0.2) is 0 Å². The average Bonchev–Trinajstić information content (AvgIpc) is 2.17. The van der Waals surface area contributed by atoms with Crippen LogP contribution in [0.15, 0.2) is 30.3 Å². The molecular weight excluding hydrogens is 160 g/mol. The number of rotatable bonds is 1. The normalized spacial score (nSPS) is 17.5. The summed E-state index contributed by atoms with van der Waals surface area (Å²) < 4.78 is 0. The van der Waals surface area contributed by atoms with Crippen LogP contribution in [0, 0.1) is 0 Å². The predicted molar refractivity (Wildman–Crippen MR) is 54.4 cm³/mol. The van der Waals surface area contributed by atoms with Crippen molar-refractivity contribution < 1.29 is 5.11 Å². The molecule has 0 bridgehead atoms. The van der Waals surface area contributed by atoms with Crippen molar-refractivity contribution in [1.29, 1.82) is 0 Å². The number of hydrogen-bond acceptors (Lipinski definition) is 1. The van der Waals surface area contributed by atoms with Crippen LogP contribution >= 0.6 is 0 Å². The van der Waals surface area contributed by atoms with E-state index < -0.39 is 0 Å². The highest BCUT2D eigenvalue weighted by atomic mass is 16.3. The fraction of sp³-hybridized carbons (Fsp3) is 0.333. The zero-order valence-corrected chi connectivity index (χ0v) is 7.83. The van der Waals surface area contributed by atoms with Gasteiger partial charge in [-0.2, -0.15) is 0 Å². The van der Waals surface area contributed by atoms with Crippen molar-refractivity contribution in [3.63, 3.8) is 0 Å². The first-order valence-corrected chi connectivity index (χ1v) is 4.75. The molecule has 0 amide bonds. The van der Waals surface area contributed by atoms with Crippen molar-refractivity contribution in [3.05, 3.63) is 41.5 Å². The summed E-state index contributed by atoms with van der Waals surface area (Å²) in [6.07, 6.45) is 3.96. The molecule has 1 nitrogen and oxygen atoms in total. The molecule has 13 heavy (non-hydrogen) atoms. The highest BCUT2D eigenvalue weighted by Crippen LogP contribution is 2.28. The SMILES string of the molecule is CC(O)C1=CCCc2ccccc21. The lowest BCUT2D eigenvalue weighted by molar-refractivity contribution is 0.252. The van der Waals surface area contributed by atoms with Crippen LogP contribution in [-0.2, 0) is 6.42 Å². The van der Waals surface area contributed by atoms with E-state index in [0.717, 1.165) is 18.4 Å². The molecule has 0 saturated heterocycles. The first-order valence-electron chi connectivity index (χ1n) is 4.75. The van der Waals surface area contributed by atoms with Gasteiger partial charge >= 0.3 is 0 Å². The van der Waals surface area contributed by atoms with Crippen LogP contribution in [0.1, 0.15) is 24.5 Å². The predicted octanol–water partition coefficient (Wildman–Crippen LogP) is 2.40. The Kier molecular flexibility index (Phi) is 2.19. The van der Waals surface area contributed by atoms with Crippen molar-refractivity contribution in [2.45, 2.75) is 25.9 Å². The van der Waals surface area contributed by atoms with Gasteiger partial charge in [-0.25, -0.2) is 0 Å². The van der Waals surface area contributed by atoms with E-state index in [1.807, 2.05) is 13.0 Å². The van der Waals surface area contributed by atoms with E-state index in [2.05, 4.69) is 24.3 Å². The molecule has 0 fully saturated rings. The molecule has 0 aromatic heterocycles. The number of fused-ring (bicyclic) bond motifs is 1. The van der Waals surface area contributed by atoms with Crippen LogP contribution < -0.4 is 0 Å². The lowest BCUT2D eigenvalue weighted by Gasteiger charge is -2.19. The molecule has 68 valence electrons. The molecule has 1 N–H and O–H groups in total. The molecule has 1 heteroatoms. The van der Waals surface area contributed by atoms with Crippen LogP contribution in [0.25, 0.3) is 5.57 Å². The standard InChI is InChI=1S/C12H14O/c1-9(13)11-8-4-6-10-5-2-3-7-12(10)11/h2-3,5,7-9,13H,4,6H2,1H3. The van der Waals surface area contributed by atoms with E-state index in [1.165, 1.54) is 11.1 Å². The minimum Gasteiger partial charge on any atom is -0.389 e. The number of aliphatic hydroxyl groups excluding tert-OH is 1. The Morgan fingerprint density at radius 1 is 1.31 bits per heavy atom. The zero-order valence-electron chi connectivity index (χ0n) is 7.83. The summed E-state index contributed by atoms with van der Waals surface area (Å²) in [7, 11) is 0. The number of hydrogen-bond donors (Lipinski definition) is 1. The minimum absolute atomic E-state index is 0.346. The second-order valence-electron chi connectivity index (χ2n) is 3.53. The van der Waals surface area contributed by atoms with Crippen LogP contribution in [0.3, 0.4) is 0 Å². The summed E-state index contributed by atoms with van der Waals surface area (Å²) in [4.78, 5) is 0. The molecular formula is C12H14O. The third kappa shape index (κ3) is 1.52. The maximum atomic E-state index is 9.56. The number of allylic oxidation sites excluding steroid dienone is 1. The molecule has 0 spiro atoms. The second-order valence-corrected chi connectivity index (χ2v) is 3.53. The van der Waals surface area contributed by atoms with Gasteiger partial charge in [0.2, 0.25) is 0 Å². The summed E-state index contributed by atoms with van der Waals surface area (Å²) in [6.45, 7) is 1.83. The van der Waals surface area contributed by atoms with Crippen molar-refractivity contribution in [1.82, 2.24) is 0 Å². The van der Waals surface area contributed by atoms with E-state index in [1.54, 1.807) is 0 Å². The Bertz CT molecular complexity index is 337. The molecule has 1 unspecified atom stereocenters. The molecule has 0 radical (unpaired) electrons. The van der Waals surface area contributed by atoms with Gasteiger partial charge in [-0.05, 0) is 36.5 Å². The van der Waals surface area contributed by atoms with Gasteiger partial charge in [-0.3, -0.25) is 0 Å². The Balaban J connectivity index is 2.47. The molecule has 2 rings (SSSR count). The van der Waals surface area contributed by atoms with Crippen molar-refractivity contribution in [2.75, 3.05) is 0 Å². The molecule has 1 aromatic carbocycles. The fourth-order valence-electron chi connectivity index (χ4n) is 1.91. The molecule has 0 saturated carbocycles. The third-order valence-corrected chi connectivity index (χ3v) is 2.56. The zero-order chi connectivity index (χ0) is 9.26. The van der Waals surface area contributed by atoms with Crippen LogP contribution in [0.2, 0.25) is 0 Å². The van der Waals surface area contributed by atoms with E-state index in [0.29, 0.717) is 0 Å². The van der Waals surface area contributed by atoms with E-state index in [-0.39, 0.29) is 6.10 Å². The van der Waals surface area contributed by atoms with E-state index in [9.17, 15) is 5.11 Å². The maximum absolute atomic E-state index is 9.56. The van der Waals surface area contributed by atoms with Gasteiger partial charge in [-0.1, -0.05) is 30.3 Å². The Morgan fingerprint density at radius 3 is 2.85 bits per heavy atom. The largest absolute Gasteiger partial charge is 0.389 e. The van der Waals surface area contributed by atoms with Gasteiger partial charge in [0.05, 0.1) is 6.10 Å². The summed E-state index contributed by atoms with van der Waals surface area (Å²) in [5.41, 5.74) is 3.67. The first-order chi connectivity index (χ1) is 6.29. The second kappa shape index (κ2) is 3.35. The average molecular weight is 174 g/mol. The number of benzene rings is 1. The molecule has 1 atom stereocenters. The molecule has 1 aliphatic rings. The van der Waals surface area contributed by atoms with Crippen LogP contribution in [-0.4, -0.2) is 11.2 Å². The monoisotopic (exact) mass is 174 g/mol. The summed E-state index contributed by atoms with van der Waals surface area (Å²) in [5, 5.41) is 9.56. The summed E-state index contributed by atoms with van der Waals surface area (Å²) in [5.74, 6) is 0. The first kappa shape index (κ1) is 8.52. The van der Waals surface area contributed by atoms with E-state index >= 15 is 0 Å². The van der Waals surface area contributed by atoms with Gasteiger partial charge in [0.1, 0.15) is 0 Å². The lowest BCUT2D eigenvalue weighted by Crippen LogP contribution is -2.09. The number of aryl methyl sites for hydroxylation is 1. The fourth-order valence-corrected chi connectivity index (χ4v) is 1.91. The van der Waals surface area contributed by atoms with Gasteiger partial charge in [-0.15, -0.1) is 0 Å². The summed E-state index contributed by atoms with van der Waals surface area (Å²) in [6, 6.07) is 8.32. The van der Waals surface area contributed by atoms with E-state index in [4.69, 9.17) is 0 Å². The Labute approximate surface area is 78.7 Å². The van der Waals surface area contributed by atoms with Gasteiger partial charge in [0.25, 0.3) is 0 Å². The molecule has 1 aliphatic carbocycles. The molecule has 0 heterocycles. The lowest BCUT2D eigenvalue weighted by atomic mass is 9.88. The molecule has 1 aromatic rings. The number of aliphatic hydroxyl groups is 1. The van der Waals surface area contributed by atoms with Gasteiger partial charge in [0, 0.05) is 0 Å². The minimum atomic E-state index is -0.346. The van der Waals surface area contributed by atoms with Crippen molar-refractivity contribution in [2.24, 2.45) is 0 Å². The highest BCUT2D eigenvalue weighted by Gasteiger charge is 2.14. The highest BCUT2D eigenvalue weighted by molar-refractivity contribution is 5.72. The van der Waals surface area contributed by atoms with Crippen LogP contribution in [0.4, 0.5) is 0 Å². The third-order valence-electron chi connectivity index (χ3n) is 2.56. The van der Waals surface area contributed by atoms with Gasteiger partial charge < -0.3 is 5.11 Å². The topological polar surface area (TPSA) is 20.2 Å².